The molecule has 0 saturated heterocycles. The number of aromatic nitrogens is 3. The first kappa shape index (κ1) is 29.2. The molecule has 5 rings (SSSR count). The Morgan fingerprint density at radius 1 is 0.930 bits per heavy atom. The predicted octanol–water partition coefficient (Wildman–Crippen LogP) is 4.72. The van der Waals surface area contributed by atoms with Gasteiger partial charge in [-0.2, -0.15) is 4.98 Å². The Morgan fingerprint density at radius 2 is 1.63 bits per heavy atom. The van der Waals surface area contributed by atoms with Crippen molar-refractivity contribution in [2.45, 2.75) is 25.9 Å². The van der Waals surface area contributed by atoms with Crippen molar-refractivity contribution in [3.63, 3.8) is 0 Å². The van der Waals surface area contributed by atoms with Gasteiger partial charge in [0.05, 0.1) is 24.9 Å². The Kier molecular flexibility index (Phi) is 8.35. The lowest BCUT2D eigenvalue weighted by atomic mass is 10.1. The number of hydrogen-bond donors (Lipinski definition) is 4. The number of pyridine rings is 1. The minimum atomic E-state index is -0.760. The Hall–Kier alpha value is -5.29. The summed E-state index contributed by atoms with van der Waals surface area (Å²) in [5, 5.41) is 22.7. The van der Waals surface area contributed by atoms with Crippen molar-refractivity contribution in [3.05, 3.63) is 108 Å². The van der Waals surface area contributed by atoms with E-state index in [0.29, 0.717) is 40.7 Å². The molecule has 0 unspecified atom stereocenters. The van der Waals surface area contributed by atoms with Gasteiger partial charge in [-0.15, -0.1) is 5.10 Å². The number of rotatable bonds is 10. The van der Waals surface area contributed by atoms with E-state index in [9.17, 15) is 19.1 Å². The smallest absolute Gasteiger partial charge is 0.251 e. The van der Waals surface area contributed by atoms with Gasteiger partial charge in [-0.25, -0.2) is 8.91 Å². The first-order chi connectivity index (χ1) is 20.6. The monoisotopic (exact) mass is 582 g/mol. The summed E-state index contributed by atoms with van der Waals surface area (Å²) < 4.78 is 20.2. The number of carbonyl (C=O) groups excluding carboxylic acids is 2. The number of amides is 2. The lowest BCUT2D eigenvalue weighted by molar-refractivity contribution is 0.0868. The number of carbonyl (C=O) groups is 2. The van der Waals surface area contributed by atoms with Crippen molar-refractivity contribution in [2.75, 3.05) is 19.0 Å². The molecule has 0 aliphatic carbocycles. The average molecular weight is 583 g/mol. The zero-order valence-corrected chi connectivity index (χ0v) is 23.9. The summed E-state index contributed by atoms with van der Waals surface area (Å²) in [7, 11) is 1.50. The average Bonchev–Trinajstić information content (AvgIpc) is 3.42. The third kappa shape index (κ3) is 6.96. The summed E-state index contributed by atoms with van der Waals surface area (Å²) in [6.07, 6.45) is 1.84. The number of benzene rings is 3. The quantitative estimate of drug-likeness (QED) is 0.188. The van der Waals surface area contributed by atoms with Crippen LogP contribution in [0.2, 0.25) is 0 Å². The highest BCUT2D eigenvalue weighted by molar-refractivity contribution is 5.96. The van der Waals surface area contributed by atoms with Gasteiger partial charge in [-0.05, 0) is 79.6 Å². The number of anilines is 2. The standard InChI is InChI=1S/C32H31FN6O4/c1-32(2,19-40)37-30(42)23-10-14-26(27(16-23)43-3)35-31-36-28-15-11-24(18-39(28)38-31)21-6-8-22(9-7-21)29(41)34-17-20-4-12-25(33)13-5-20/h4-16,18,40H,17,19H2,1-3H3,(H,34,41)(H,35,38)(H,37,42). The highest BCUT2D eigenvalue weighted by Gasteiger charge is 2.21. The van der Waals surface area contributed by atoms with Crippen molar-refractivity contribution in [2.24, 2.45) is 0 Å². The molecule has 5 aromatic rings. The van der Waals surface area contributed by atoms with E-state index in [1.165, 1.54) is 19.2 Å². The summed E-state index contributed by atoms with van der Waals surface area (Å²) in [5.74, 6) is -0.115. The van der Waals surface area contributed by atoms with Gasteiger partial charge in [-0.3, -0.25) is 9.59 Å². The summed E-state index contributed by atoms with van der Waals surface area (Å²) in [6.45, 7) is 3.56. The van der Waals surface area contributed by atoms with Gasteiger partial charge < -0.3 is 25.8 Å². The molecule has 11 heteroatoms. The second-order valence-corrected chi connectivity index (χ2v) is 10.6. The number of fused-ring (bicyclic) bond motifs is 1. The van der Waals surface area contributed by atoms with E-state index in [2.05, 4.69) is 26.0 Å². The van der Waals surface area contributed by atoms with Crippen molar-refractivity contribution < 1.29 is 23.8 Å². The number of aliphatic hydroxyl groups excluding tert-OH is 1. The van der Waals surface area contributed by atoms with Crippen LogP contribution < -0.4 is 20.7 Å². The number of nitrogens with zero attached hydrogens (tertiary/aromatic N) is 3. The second kappa shape index (κ2) is 12.3. The molecule has 2 aromatic heterocycles. The molecule has 2 amide bonds. The van der Waals surface area contributed by atoms with E-state index < -0.39 is 5.54 Å². The number of aliphatic hydroxyl groups is 1. The third-order valence-corrected chi connectivity index (χ3v) is 6.74. The van der Waals surface area contributed by atoms with Crippen LogP contribution in [-0.2, 0) is 6.54 Å². The van der Waals surface area contributed by atoms with Gasteiger partial charge in [0.25, 0.3) is 11.8 Å². The Morgan fingerprint density at radius 3 is 2.33 bits per heavy atom. The van der Waals surface area contributed by atoms with Crippen LogP contribution in [0, 0.1) is 5.82 Å². The zero-order valence-electron chi connectivity index (χ0n) is 23.9. The van der Waals surface area contributed by atoms with E-state index in [1.807, 2.05) is 30.5 Å². The first-order valence-electron chi connectivity index (χ1n) is 13.5. The van der Waals surface area contributed by atoms with Crippen LogP contribution in [0.1, 0.15) is 40.1 Å². The molecule has 0 fully saturated rings. The van der Waals surface area contributed by atoms with Crippen molar-refractivity contribution in [3.8, 4) is 16.9 Å². The summed E-state index contributed by atoms with van der Waals surface area (Å²) >= 11 is 0. The molecule has 0 aliphatic rings. The summed E-state index contributed by atoms with van der Waals surface area (Å²) in [5.41, 5.74) is 3.89. The van der Waals surface area contributed by atoms with Crippen LogP contribution in [0.5, 0.6) is 5.75 Å². The van der Waals surface area contributed by atoms with Crippen molar-refractivity contribution in [1.29, 1.82) is 0 Å². The van der Waals surface area contributed by atoms with Crippen molar-refractivity contribution in [1.82, 2.24) is 25.2 Å². The first-order valence-corrected chi connectivity index (χ1v) is 13.5. The van der Waals surface area contributed by atoms with Crippen LogP contribution in [0.4, 0.5) is 16.0 Å². The van der Waals surface area contributed by atoms with Gasteiger partial charge in [0.15, 0.2) is 5.65 Å². The largest absolute Gasteiger partial charge is 0.495 e. The SMILES string of the molecule is COc1cc(C(=O)NC(C)(C)CO)ccc1Nc1nc2ccc(-c3ccc(C(=O)NCc4ccc(F)cc4)cc3)cn2n1. The van der Waals surface area contributed by atoms with Crippen LogP contribution in [-0.4, -0.2) is 50.8 Å². The van der Waals surface area contributed by atoms with Gasteiger partial charge in [-0.1, -0.05) is 24.3 Å². The van der Waals surface area contributed by atoms with Crippen LogP contribution in [0.15, 0.2) is 85.1 Å². The highest BCUT2D eigenvalue weighted by atomic mass is 19.1. The molecule has 43 heavy (non-hydrogen) atoms. The molecule has 2 heterocycles. The molecule has 0 spiro atoms. The number of halogens is 1. The van der Waals surface area contributed by atoms with E-state index in [-0.39, 0.29) is 24.2 Å². The molecule has 0 atom stereocenters. The fraction of sp³-hybridized carbons (Fsp3) is 0.188. The number of ether oxygens (including phenoxy) is 1. The van der Waals surface area contributed by atoms with Gasteiger partial charge in [0.2, 0.25) is 5.95 Å². The number of hydrogen-bond acceptors (Lipinski definition) is 7. The van der Waals surface area contributed by atoms with E-state index in [0.717, 1.165) is 16.7 Å². The molecule has 0 radical (unpaired) electrons. The Bertz CT molecular complexity index is 1770. The minimum Gasteiger partial charge on any atom is -0.495 e. The highest BCUT2D eigenvalue weighted by Crippen LogP contribution is 2.29. The third-order valence-electron chi connectivity index (χ3n) is 6.74. The van der Waals surface area contributed by atoms with Gasteiger partial charge >= 0.3 is 0 Å². The Balaban J connectivity index is 1.27. The molecule has 10 nitrogen and oxygen atoms in total. The lowest BCUT2D eigenvalue weighted by Gasteiger charge is -2.23. The van der Waals surface area contributed by atoms with Crippen molar-refractivity contribution >= 4 is 29.1 Å². The molecule has 0 bridgehead atoms. The maximum Gasteiger partial charge on any atom is 0.251 e. The molecule has 3 aromatic carbocycles. The molecular weight excluding hydrogens is 551 g/mol. The van der Waals surface area contributed by atoms with E-state index >= 15 is 0 Å². The fourth-order valence-corrected chi connectivity index (χ4v) is 4.28. The summed E-state index contributed by atoms with van der Waals surface area (Å²) in [6, 6.07) is 21.9. The molecule has 220 valence electrons. The molecule has 0 saturated carbocycles. The minimum absolute atomic E-state index is 0.195. The maximum atomic E-state index is 13.1. The number of methoxy groups -OCH3 is 1. The Labute approximate surface area is 247 Å². The molecule has 0 aliphatic heterocycles. The molecule has 4 N–H and O–H groups in total. The summed E-state index contributed by atoms with van der Waals surface area (Å²) in [4.78, 5) is 29.7. The topological polar surface area (TPSA) is 130 Å². The lowest BCUT2D eigenvalue weighted by Crippen LogP contribution is -2.46. The molecular formula is C32H31FN6O4. The van der Waals surface area contributed by atoms with Gasteiger partial charge in [0, 0.05) is 29.4 Å². The van der Waals surface area contributed by atoms with Crippen LogP contribution in [0.3, 0.4) is 0 Å². The van der Waals surface area contributed by atoms with Crippen LogP contribution >= 0.6 is 0 Å². The second-order valence-electron chi connectivity index (χ2n) is 10.6. The fourth-order valence-electron chi connectivity index (χ4n) is 4.28. The zero-order chi connectivity index (χ0) is 30.6. The van der Waals surface area contributed by atoms with E-state index in [4.69, 9.17) is 4.74 Å². The number of nitrogens with one attached hydrogen (secondary N) is 3. The predicted molar refractivity (Wildman–Crippen MR) is 161 cm³/mol. The normalized spacial score (nSPS) is 11.3. The maximum absolute atomic E-state index is 13.1. The van der Waals surface area contributed by atoms with Crippen LogP contribution in [0.25, 0.3) is 16.8 Å². The van der Waals surface area contributed by atoms with E-state index in [1.54, 1.807) is 60.8 Å². The van der Waals surface area contributed by atoms with Gasteiger partial charge in [0.1, 0.15) is 11.6 Å².